The van der Waals surface area contributed by atoms with Crippen LogP contribution < -0.4 is 15.1 Å². The van der Waals surface area contributed by atoms with Crippen molar-refractivity contribution in [1.29, 1.82) is 5.41 Å². The number of fused-ring (bicyclic) bond motifs is 1. The van der Waals surface area contributed by atoms with Gasteiger partial charge in [-0.1, -0.05) is 59.6 Å². The van der Waals surface area contributed by atoms with Crippen LogP contribution in [0.1, 0.15) is 65.6 Å². The molecule has 0 saturated carbocycles. The standard InChI is InChI=1S/C33H50N6O12P2/c1-8-22(9-2)16-47-31(42)21(3)37-52(43,51-24-12-10-23(11-13-24)32(4,5)6)48-17-26-28(40)29(41)33(50-26,18-35-7)27-15-14-25-30(34)38(19-36-39(25)27)20-49-53(44,45)46/h10-15,18-19,21-22,26,28-29,34,40-41H,8-9,16-17,20H2,1-7H3,(H,37,43)(H2,44,45,46)/t21-,26+,28+,29+,33-,52?/m0/s1. The van der Waals surface area contributed by atoms with Gasteiger partial charge in [-0.05, 0) is 48.1 Å². The Hall–Kier alpha value is -3.28. The highest BCUT2D eigenvalue weighted by molar-refractivity contribution is 7.52. The Labute approximate surface area is 307 Å². The predicted molar refractivity (Wildman–Crippen MR) is 192 cm³/mol. The van der Waals surface area contributed by atoms with E-state index in [1.165, 1.54) is 36.8 Å². The molecule has 0 aliphatic carbocycles. The number of hydrogen-bond donors (Lipinski definition) is 6. The highest BCUT2D eigenvalue weighted by atomic mass is 31.2. The average Bonchev–Trinajstić information content (AvgIpc) is 3.63. The third-order valence-electron chi connectivity index (χ3n) is 8.94. The van der Waals surface area contributed by atoms with Gasteiger partial charge in [0.1, 0.15) is 48.7 Å². The molecular formula is C33H50N6O12P2. The number of aliphatic hydroxyl groups is 2. The van der Waals surface area contributed by atoms with E-state index in [2.05, 4.69) is 19.7 Å². The van der Waals surface area contributed by atoms with Crippen molar-refractivity contribution in [3.63, 3.8) is 0 Å². The molecule has 3 heterocycles. The highest BCUT2D eigenvalue weighted by Gasteiger charge is 2.56. The number of aliphatic hydroxyl groups excluding tert-OH is 2. The fraction of sp³-hybridized carbons (Fsp3) is 0.576. The number of phosphoric acid groups is 1. The Bertz CT molecular complexity index is 1900. The Morgan fingerprint density at radius 1 is 1.13 bits per heavy atom. The van der Waals surface area contributed by atoms with Crippen LogP contribution in [0.2, 0.25) is 0 Å². The summed E-state index contributed by atoms with van der Waals surface area (Å²) in [4.78, 5) is 35.2. The van der Waals surface area contributed by atoms with Crippen molar-refractivity contribution in [3.05, 3.63) is 59.5 Å². The van der Waals surface area contributed by atoms with Gasteiger partial charge in [0.05, 0.1) is 18.9 Å². The molecule has 20 heteroatoms. The lowest BCUT2D eigenvalue weighted by Gasteiger charge is -2.28. The van der Waals surface area contributed by atoms with Gasteiger partial charge in [-0.15, -0.1) is 0 Å². The van der Waals surface area contributed by atoms with E-state index in [1.54, 1.807) is 12.1 Å². The highest BCUT2D eigenvalue weighted by Crippen LogP contribution is 2.47. The number of carbonyl (C=O) groups excluding carboxylic acids is 1. The largest absolute Gasteiger partial charge is 0.471 e. The molecule has 6 atom stereocenters. The summed E-state index contributed by atoms with van der Waals surface area (Å²) in [6, 6.07) is 8.66. The third-order valence-corrected chi connectivity index (χ3v) is 11.0. The Balaban J connectivity index is 1.61. The molecule has 0 bridgehead atoms. The maximum absolute atomic E-state index is 14.4. The second-order valence-corrected chi connectivity index (χ2v) is 16.7. The number of rotatable bonds is 17. The normalized spacial score (nSPS) is 22.8. The molecule has 18 nitrogen and oxygen atoms in total. The van der Waals surface area contributed by atoms with Crippen molar-refractivity contribution >= 4 is 33.3 Å². The molecule has 1 fully saturated rings. The van der Waals surface area contributed by atoms with Crippen molar-refractivity contribution in [2.24, 2.45) is 10.9 Å². The van der Waals surface area contributed by atoms with Gasteiger partial charge >= 0.3 is 21.5 Å². The first-order valence-corrected chi connectivity index (χ1v) is 20.1. The quantitative estimate of drug-likeness (QED) is 0.0654. The first kappa shape index (κ1) is 42.5. The van der Waals surface area contributed by atoms with Crippen molar-refractivity contribution in [3.8, 4) is 5.75 Å². The number of hydrogen-bond acceptors (Lipinski definition) is 13. The van der Waals surface area contributed by atoms with Crippen LogP contribution in [0.15, 0.2) is 47.7 Å². The van der Waals surface area contributed by atoms with Gasteiger partial charge in [0.15, 0.2) is 11.1 Å². The van der Waals surface area contributed by atoms with Crippen molar-refractivity contribution in [1.82, 2.24) is 19.3 Å². The number of ether oxygens (including phenoxy) is 2. The van der Waals surface area contributed by atoms with E-state index in [9.17, 15) is 24.1 Å². The van der Waals surface area contributed by atoms with E-state index in [1.807, 2.05) is 46.8 Å². The molecule has 1 aliphatic rings. The van der Waals surface area contributed by atoms with E-state index in [-0.39, 0.29) is 40.4 Å². The van der Waals surface area contributed by atoms with E-state index < -0.39 is 64.8 Å². The van der Waals surface area contributed by atoms with Crippen LogP contribution in [0.25, 0.3) is 5.52 Å². The fourth-order valence-corrected chi connectivity index (χ4v) is 7.47. The number of nitrogens with zero attached hydrogens (tertiary/aromatic N) is 4. The van der Waals surface area contributed by atoms with E-state index in [0.717, 1.165) is 29.3 Å². The Kier molecular flexibility index (Phi) is 13.6. The number of nitrogens with one attached hydrogen (secondary N) is 2. The maximum Gasteiger partial charge on any atom is 0.471 e. The summed E-state index contributed by atoms with van der Waals surface area (Å²) < 4.78 is 55.8. The zero-order chi connectivity index (χ0) is 39.4. The van der Waals surface area contributed by atoms with Crippen LogP contribution in [0.3, 0.4) is 0 Å². The second kappa shape index (κ2) is 17.0. The summed E-state index contributed by atoms with van der Waals surface area (Å²) in [7, 11) is -7.85. The van der Waals surface area contributed by atoms with Crippen LogP contribution >= 0.6 is 15.6 Å². The second-order valence-electron chi connectivity index (χ2n) is 13.8. The minimum atomic E-state index is -4.84. The summed E-state index contributed by atoms with van der Waals surface area (Å²) in [5, 5.41) is 38.1. The minimum absolute atomic E-state index is 0.133. The molecule has 4 rings (SSSR count). The molecule has 294 valence electrons. The molecule has 1 aromatic carbocycles. The van der Waals surface area contributed by atoms with Crippen LogP contribution in [0.5, 0.6) is 5.75 Å². The maximum atomic E-state index is 14.4. The van der Waals surface area contributed by atoms with E-state index in [4.69, 9.17) is 33.7 Å². The van der Waals surface area contributed by atoms with E-state index in [0.29, 0.717) is 0 Å². The van der Waals surface area contributed by atoms with E-state index >= 15 is 0 Å². The third kappa shape index (κ3) is 10.1. The molecule has 1 aliphatic heterocycles. The molecule has 0 spiro atoms. The van der Waals surface area contributed by atoms with Crippen molar-refractivity contribution < 1.29 is 57.0 Å². The van der Waals surface area contributed by atoms with Gasteiger partial charge in [-0.25, -0.2) is 13.6 Å². The number of esters is 1. The zero-order valence-electron chi connectivity index (χ0n) is 30.8. The summed E-state index contributed by atoms with van der Waals surface area (Å²) in [6.45, 7) is 10.5. The molecule has 2 aromatic heterocycles. The average molecular weight is 785 g/mol. The summed E-state index contributed by atoms with van der Waals surface area (Å²) in [6.07, 6.45) is -0.697. The first-order valence-electron chi connectivity index (χ1n) is 17.1. The number of aromatic nitrogens is 3. The van der Waals surface area contributed by atoms with Crippen LogP contribution in [0.4, 0.5) is 0 Å². The van der Waals surface area contributed by atoms with Gasteiger partial charge in [0, 0.05) is 13.3 Å². The molecule has 0 amide bonds. The zero-order valence-corrected chi connectivity index (χ0v) is 32.6. The SMILES string of the molecule is CCC(CC)COC(=O)[C@H](C)NP(=O)(OC[C@H]1O[C@@](C=NC)(c2ccc3c(=N)n(COP(=O)(O)O)cnn23)[C@H](O)[C@@H]1O)Oc1ccc(C(C)(C)C)cc1. The molecule has 53 heavy (non-hydrogen) atoms. The van der Waals surface area contributed by atoms with Crippen LogP contribution in [-0.4, -0.2) is 91.0 Å². The summed E-state index contributed by atoms with van der Waals surface area (Å²) in [5.74, 6) is -0.337. The van der Waals surface area contributed by atoms with Crippen molar-refractivity contribution in [2.75, 3.05) is 20.3 Å². The fourth-order valence-electron chi connectivity index (χ4n) is 5.69. The Morgan fingerprint density at radius 3 is 2.38 bits per heavy atom. The number of carbonyl (C=O) groups is 1. The lowest BCUT2D eigenvalue weighted by Crippen LogP contribution is -2.43. The lowest BCUT2D eigenvalue weighted by molar-refractivity contribution is -0.146. The van der Waals surface area contributed by atoms with Gasteiger partial charge in [-0.3, -0.25) is 28.8 Å². The Morgan fingerprint density at radius 2 is 1.79 bits per heavy atom. The number of benzene rings is 1. The van der Waals surface area contributed by atoms with Crippen LogP contribution in [-0.2, 0) is 50.2 Å². The number of aliphatic imine (C=N–C) groups is 1. The molecule has 1 saturated heterocycles. The van der Waals surface area contributed by atoms with Crippen molar-refractivity contribution in [2.45, 2.75) is 96.5 Å². The van der Waals surface area contributed by atoms with Gasteiger partial charge in [-0.2, -0.15) is 10.2 Å². The van der Waals surface area contributed by atoms with Gasteiger partial charge in [0.25, 0.3) is 0 Å². The lowest BCUT2D eigenvalue weighted by atomic mass is 9.87. The smallest absolute Gasteiger partial charge is 0.464 e. The molecule has 1 unspecified atom stereocenters. The first-order chi connectivity index (χ1) is 24.8. The van der Waals surface area contributed by atoms with Gasteiger partial charge in [0.2, 0.25) is 0 Å². The minimum Gasteiger partial charge on any atom is -0.464 e. The number of phosphoric ester groups is 1. The van der Waals surface area contributed by atoms with Gasteiger partial charge < -0.3 is 34.0 Å². The van der Waals surface area contributed by atoms with Crippen LogP contribution in [0, 0.1) is 11.3 Å². The summed E-state index contributed by atoms with van der Waals surface area (Å²) >= 11 is 0. The predicted octanol–water partition coefficient (Wildman–Crippen LogP) is 3.16. The molecule has 0 radical (unpaired) electrons. The topological polar surface area (TPSA) is 249 Å². The molecule has 3 aromatic rings. The monoisotopic (exact) mass is 784 g/mol. The summed E-state index contributed by atoms with van der Waals surface area (Å²) in [5.41, 5.74) is -1.02. The molecule has 6 N–H and O–H groups in total. The molecular weight excluding hydrogens is 734 g/mol.